The van der Waals surface area contributed by atoms with Crippen LogP contribution < -0.4 is 4.90 Å². The van der Waals surface area contributed by atoms with Gasteiger partial charge in [0.05, 0.1) is 5.57 Å². The van der Waals surface area contributed by atoms with Gasteiger partial charge in [0, 0.05) is 25.9 Å². The molecule has 0 heterocycles. The molecule has 0 fully saturated rings. The summed E-state index contributed by atoms with van der Waals surface area (Å²) in [5.74, 6) is -1.63. The van der Waals surface area contributed by atoms with Crippen LogP contribution in [0.15, 0.2) is 30.3 Å². The van der Waals surface area contributed by atoms with E-state index in [0.29, 0.717) is 0 Å². The maximum atomic E-state index is 12.7. The summed E-state index contributed by atoms with van der Waals surface area (Å²) in [5.41, 5.74) is -0.605. The monoisotopic (exact) mass is 259 g/mol. The second-order valence-corrected chi connectivity index (χ2v) is 3.84. The summed E-state index contributed by atoms with van der Waals surface area (Å²) >= 11 is 0. The van der Waals surface area contributed by atoms with Gasteiger partial charge in [0.2, 0.25) is 0 Å². The van der Waals surface area contributed by atoms with Crippen LogP contribution >= 0.6 is 0 Å². The first-order valence-corrected chi connectivity index (χ1v) is 5.01. The number of halogens is 3. The van der Waals surface area contributed by atoms with Gasteiger partial charge in [-0.3, -0.25) is 0 Å². The molecule has 0 bridgehead atoms. The van der Waals surface area contributed by atoms with Crippen LogP contribution in [-0.4, -0.2) is 31.3 Å². The molecule has 0 saturated heterocycles. The van der Waals surface area contributed by atoms with Crippen LogP contribution in [0.1, 0.15) is 5.56 Å². The zero-order valence-electron chi connectivity index (χ0n) is 9.82. The van der Waals surface area contributed by atoms with Gasteiger partial charge in [0.25, 0.3) is 0 Å². The highest BCUT2D eigenvalue weighted by Crippen LogP contribution is 2.34. The number of benzene rings is 1. The number of carboxylic acids is 1. The Morgan fingerprint density at radius 2 is 1.72 bits per heavy atom. The van der Waals surface area contributed by atoms with Crippen molar-refractivity contribution in [1.82, 2.24) is 0 Å². The lowest BCUT2D eigenvalue weighted by Crippen LogP contribution is -2.13. The van der Waals surface area contributed by atoms with Crippen LogP contribution in [0.2, 0.25) is 0 Å². The molecule has 0 saturated carbocycles. The number of carboxylic acid groups (broad SMARTS) is 1. The fourth-order valence-electron chi connectivity index (χ4n) is 1.39. The van der Waals surface area contributed by atoms with E-state index >= 15 is 0 Å². The Hall–Kier alpha value is -1.98. The molecule has 0 aliphatic carbocycles. The number of alkyl halides is 3. The van der Waals surface area contributed by atoms with Gasteiger partial charge in [-0.05, 0) is 17.7 Å². The maximum Gasteiger partial charge on any atom is 0.417 e. The first kappa shape index (κ1) is 14.1. The van der Waals surface area contributed by atoms with Crippen molar-refractivity contribution in [3.05, 3.63) is 35.9 Å². The number of allylic oxidation sites excluding steroid dienone is 1. The van der Waals surface area contributed by atoms with Crippen LogP contribution in [0.3, 0.4) is 0 Å². The summed E-state index contributed by atoms with van der Waals surface area (Å²) in [7, 11) is 3.51. The van der Waals surface area contributed by atoms with E-state index in [2.05, 4.69) is 0 Å². The van der Waals surface area contributed by atoms with Gasteiger partial charge in [-0.25, -0.2) is 4.79 Å². The van der Waals surface area contributed by atoms with E-state index in [-0.39, 0.29) is 11.6 Å². The van der Waals surface area contributed by atoms with Gasteiger partial charge in [0.1, 0.15) is 0 Å². The largest absolute Gasteiger partial charge is 0.478 e. The molecule has 18 heavy (non-hydrogen) atoms. The lowest BCUT2D eigenvalue weighted by molar-refractivity contribution is -0.131. The molecule has 0 radical (unpaired) electrons. The number of aliphatic carboxylic acids is 1. The van der Waals surface area contributed by atoms with Crippen LogP contribution in [-0.2, 0) is 4.79 Å². The molecule has 0 unspecified atom stereocenters. The number of hydrogen-bond acceptors (Lipinski definition) is 2. The molecule has 0 aliphatic heterocycles. The summed E-state index contributed by atoms with van der Waals surface area (Å²) < 4.78 is 38.0. The Kier molecular flexibility index (Phi) is 4.00. The number of nitrogens with zero attached hydrogens (tertiary/aromatic N) is 1. The summed E-state index contributed by atoms with van der Waals surface area (Å²) in [6.07, 6.45) is -4.53. The molecule has 0 atom stereocenters. The van der Waals surface area contributed by atoms with Crippen molar-refractivity contribution in [2.75, 3.05) is 19.0 Å². The highest BCUT2D eigenvalue weighted by molar-refractivity contribution is 5.91. The van der Waals surface area contributed by atoms with Crippen LogP contribution in [0.4, 0.5) is 18.9 Å². The Morgan fingerprint density at radius 3 is 2.06 bits per heavy atom. The summed E-state index contributed by atoms with van der Waals surface area (Å²) in [4.78, 5) is 12.2. The molecule has 6 heteroatoms. The molecule has 1 rings (SSSR count). The van der Waals surface area contributed by atoms with Gasteiger partial charge in [-0.1, -0.05) is 12.1 Å². The van der Waals surface area contributed by atoms with E-state index in [1.807, 2.05) is 0 Å². The molecule has 0 aromatic heterocycles. The van der Waals surface area contributed by atoms with Gasteiger partial charge in [-0.15, -0.1) is 0 Å². The second kappa shape index (κ2) is 5.12. The van der Waals surface area contributed by atoms with Gasteiger partial charge < -0.3 is 10.0 Å². The van der Waals surface area contributed by atoms with Crippen molar-refractivity contribution in [2.24, 2.45) is 0 Å². The number of rotatable bonds is 3. The van der Waals surface area contributed by atoms with Crippen molar-refractivity contribution in [3.63, 3.8) is 0 Å². The van der Waals surface area contributed by atoms with E-state index in [4.69, 9.17) is 5.11 Å². The summed E-state index contributed by atoms with van der Waals surface area (Å²) in [6, 6.07) is 5.49. The molecule has 0 aliphatic rings. The molecule has 0 amide bonds. The summed E-state index contributed by atoms with van der Waals surface area (Å²) in [6.45, 7) is 0. The van der Waals surface area contributed by atoms with E-state index in [0.717, 1.165) is 5.69 Å². The Balaban J connectivity index is 3.19. The third-order valence-electron chi connectivity index (χ3n) is 2.27. The Morgan fingerprint density at radius 1 is 1.22 bits per heavy atom. The van der Waals surface area contributed by atoms with E-state index in [9.17, 15) is 18.0 Å². The zero-order valence-corrected chi connectivity index (χ0v) is 9.82. The molecular weight excluding hydrogens is 247 g/mol. The van der Waals surface area contributed by atoms with Crippen molar-refractivity contribution >= 4 is 17.2 Å². The number of hydrogen-bond donors (Lipinski definition) is 1. The minimum absolute atomic E-state index is 0.171. The molecule has 1 aromatic carbocycles. The Bertz CT molecular complexity index is 461. The normalized spacial score (nSPS) is 12.4. The average molecular weight is 259 g/mol. The smallest absolute Gasteiger partial charge is 0.417 e. The topological polar surface area (TPSA) is 40.5 Å². The molecule has 1 aromatic rings. The van der Waals surface area contributed by atoms with Gasteiger partial charge in [-0.2, -0.15) is 13.2 Å². The molecular formula is C12H12F3NO2. The molecule has 3 nitrogen and oxygen atoms in total. The standard InChI is InChI=1S/C12H12F3NO2/c1-16(2)9-5-3-8(4-6-9)10(7-11(17)18)12(13,14)15/h3-7H,1-2H3,(H,17,18). The lowest BCUT2D eigenvalue weighted by Gasteiger charge is -2.15. The third kappa shape index (κ3) is 3.51. The van der Waals surface area contributed by atoms with Crippen molar-refractivity contribution in [2.45, 2.75) is 6.18 Å². The molecule has 1 N–H and O–H groups in total. The highest BCUT2D eigenvalue weighted by Gasteiger charge is 2.35. The molecule has 98 valence electrons. The van der Waals surface area contributed by atoms with Crippen LogP contribution in [0.5, 0.6) is 0 Å². The maximum absolute atomic E-state index is 12.7. The molecule has 0 spiro atoms. The Labute approximate surface area is 102 Å². The lowest BCUT2D eigenvalue weighted by atomic mass is 10.0. The van der Waals surface area contributed by atoms with E-state index in [1.54, 1.807) is 19.0 Å². The minimum Gasteiger partial charge on any atom is -0.478 e. The fraction of sp³-hybridized carbons (Fsp3) is 0.250. The van der Waals surface area contributed by atoms with E-state index < -0.39 is 17.7 Å². The minimum atomic E-state index is -4.70. The van der Waals surface area contributed by atoms with Crippen molar-refractivity contribution in [1.29, 1.82) is 0 Å². The average Bonchev–Trinajstić information content (AvgIpc) is 2.24. The SMILES string of the molecule is CN(C)c1ccc(C(=CC(=O)O)C(F)(F)F)cc1. The zero-order chi connectivity index (χ0) is 13.9. The second-order valence-electron chi connectivity index (χ2n) is 3.84. The van der Waals surface area contributed by atoms with Crippen LogP contribution in [0.25, 0.3) is 5.57 Å². The third-order valence-corrected chi connectivity index (χ3v) is 2.27. The quantitative estimate of drug-likeness (QED) is 0.848. The van der Waals surface area contributed by atoms with Crippen molar-refractivity contribution < 1.29 is 23.1 Å². The first-order valence-electron chi connectivity index (χ1n) is 5.01. The van der Waals surface area contributed by atoms with Crippen LogP contribution in [0, 0.1) is 0 Å². The van der Waals surface area contributed by atoms with Gasteiger partial charge in [0.15, 0.2) is 0 Å². The highest BCUT2D eigenvalue weighted by atomic mass is 19.4. The number of carbonyl (C=O) groups is 1. The first-order chi connectivity index (χ1) is 8.21. The predicted molar refractivity (Wildman–Crippen MR) is 62.4 cm³/mol. The summed E-state index contributed by atoms with van der Waals surface area (Å²) in [5, 5.41) is 8.47. The van der Waals surface area contributed by atoms with Crippen molar-refractivity contribution in [3.8, 4) is 0 Å². The van der Waals surface area contributed by atoms with E-state index in [1.165, 1.54) is 24.3 Å². The predicted octanol–water partition coefficient (Wildman–Crippen LogP) is 2.78. The fourth-order valence-corrected chi connectivity index (χ4v) is 1.39. The van der Waals surface area contributed by atoms with Gasteiger partial charge >= 0.3 is 12.1 Å². The number of anilines is 1.